The predicted molar refractivity (Wildman–Crippen MR) is 158 cm³/mol. The Morgan fingerprint density at radius 3 is 2.42 bits per heavy atom. The molecule has 1 fully saturated rings. The third-order valence-corrected chi connectivity index (χ3v) is 7.41. The van der Waals surface area contributed by atoms with Gasteiger partial charge in [0.1, 0.15) is 12.1 Å². The van der Waals surface area contributed by atoms with Crippen LogP contribution >= 0.6 is 0 Å². The quantitative estimate of drug-likeness (QED) is 0.348. The van der Waals surface area contributed by atoms with Gasteiger partial charge < -0.3 is 26.6 Å². The van der Waals surface area contributed by atoms with Gasteiger partial charge >= 0.3 is 0 Å². The van der Waals surface area contributed by atoms with Crippen LogP contribution in [0.3, 0.4) is 0 Å². The van der Waals surface area contributed by atoms with Gasteiger partial charge in [0.25, 0.3) is 0 Å². The molecule has 3 aromatic carbocycles. The van der Waals surface area contributed by atoms with E-state index < -0.39 is 11.6 Å². The zero-order chi connectivity index (χ0) is 28.3. The average molecular weight is 540 g/mol. The van der Waals surface area contributed by atoms with Crippen molar-refractivity contribution in [2.75, 3.05) is 16.8 Å². The van der Waals surface area contributed by atoms with E-state index in [2.05, 4.69) is 16.0 Å². The fourth-order valence-corrected chi connectivity index (χ4v) is 5.42. The number of aryl methyl sites for hydroxylation is 1. The number of nitrogens with zero attached hydrogens (tertiary/aromatic N) is 1. The third kappa shape index (κ3) is 6.34. The molecule has 208 valence electrons. The van der Waals surface area contributed by atoms with Crippen LogP contribution in [-0.4, -0.2) is 41.9 Å². The second-order valence-corrected chi connectivity index (χ2v) is 11.4. The van der Waals surface area contributed by atoms with Crippen LogP contribution in [0.5, 0.6) is 0 Å². The number of para-hydroxylation sites is 2. The number of fused-ring (bicyclic) bond motifs is 1. The van der Waals surface area contributed by atoms with Crippen molar-refractivity contribution in [3.8, 4) is 11.1 Å². The van der Waals surface area contributed by atoms with Gasteiger partial charge in [-0.25, -0.2) is 0 Å². The predicted octanol–water partition coefficient (Wildman–Crippen LogP) is 3.75. The summed E-state index contributed by atoms with van der Waals surface area (Å²) < 4.78 is 0. The lowest BCUT2D eigenvalue weighted by Crippen LogP contribution is -2.49. The minimum atomic E-state index is -0.653. The van der Waals surface area contributed by atoms with E-state index in [-0.39, 0.29) is 30.2 Å². The molecule has 5 rings (SSSR count). The van der Waals surface area contributed by atoms with Crippen LogP contribution in [0, 0.1) is 0 Å². The third-order valence-electron chi connectivity index (χ3n) is 7.41. The van der Waals surface area contributed by atoms with Gasteiger partial charge in [-0.2, -0.15) is 0 Å². The molecule has 0 radical (unpaired) electrons. The van der Waals surface area contributed by atoms with Crippen LogP contribution < -0.4 is 26.6 Å². The summed E-state index contributed by atoms with van der Waals surface area (Å²) in [5.41, 5.74) is 11.3. The van der Waals surface area contributed by atoms with Crippen molar-refractivity contribution in [2.24, 2.45) is 5.73 Å². The fraction of sp³-hybridized carbons (Fsp3) is 0.344. The van der Waals surface area contributed by atoms with E-state index >= 15 is 0 Å². The Morgan fingerprint density at radius 1 is 0.975 bits per heavy atom. The molecule has 40 heavy (non-hydrogen) atoms. The second-order valence-electron chi connectivity index (χ2n) is 11.4. The van der Waals surface area contributed by atoms with Gasteiger partial charge in [0.15, 0.2) is 0 Å². The Bertz CT molecular complexity index is 1400. The highest BCUT2D eigenvalue weighted by atomic mass is 16.2. The summed E-state index contributed by atoms with van der Waals surface area (Å²) in [5, 5.41) is 9.20. The smallest absolute Gasteiger partial charge is 0.249 e. The monoisotopic (exact) mass is 539 g/mol. The fourth-order valence-electron chi connectivity index (χ4n) is 5.42. The molecule has 0 aliphatic carbocycles. The van der Waals surface area contributed by atoms with Crippen LogP contribution in [0.2, 0.25) is 0 Å². The Balaban J connectivity index is 1.36. The Labute approximate surface area is 235 Å². The molecule has 0 aromatic heterocycles. The number of anilines is 2. The van der Waals surface area contributed by atoms with Crippen molar-refractivity contribution in [1.82, 2.24) is 10.6 Å². The van der Waals surface area contributed by atoms with Crippen LogP contribution in [0.1, 0.15) is 44.2 Å². The number of nitrogens with one attached hydrogen (secondary N) is 3. The summed E-state index contributed by atoms with van der Waals surface area (Å²) in [6.07, 6.45) is 2.12. The first-order chi connectivity index (χ1) is 19.2. The lowest BCUT2D eigenvalue weighted by atomic mass is 10.0. The largest absolute Gasteiger partial charge is 0.373 e. The maximum atomic E-state index is 13.8. The number of carbonyl (C=O) groups excluding carboxylic acids is 3. The maximum Gasteiger partial charge on any atom is 0.249 e. The van der Waals surface area contributed by atoms with Gasteiger partial charge in [-0.15, -0.1) is 0 Å². The maximum absolute atomic E-state index is 13.8. The van der Waals surface area contributed by atoms with Crippen molar-refractivity contribution in [3.05, 3.63) is 83.9 Å². The molecule has 8 nitrogen and oxygen atoms in total. The number of hydrogen-bond donors (Lipinski definition) is 4. The number of rotatable bonds is 8. The summed E-state index contributed by atoms with van der Waals surface area (Å²) in [5.74, 6) is -0.321. The molecular weight excluding hydrogens is 502 g/mol. The SMILES string of the molecule is CC(C)(N)CC(=O)N[C@@H]1CCc2ccccc2N(Cc2ccc(-c3ccccc3NC3CCNC3=O)cc2)C1=O. The molecule has 5 N–H and O–H groups in total. The first-order valence-electron chi connectivity index (χ1n) is 13.9. The number of hydrogen-bond acceptors (Lipinski definition) is 5. The second kappa shape index (κ2) is 11.5. The van der Waals surface area contributed by atoms with Crippen LogP contribution in [0.25, 0.3) is 11.1 Å². The first-order valence-corrected chi connectivity index (χ1v) is 13.9. The van der Waals surface area contributed by atoms with Crippen LogP contribution in [-0.2, 0) is 27.3 Å². The summed E-state index contributed by atoms with van der Waals surface area (Å²) in [6, 6.07) is 23.2. The number of benzene rings is 3. The summed E-state index contributed by atoms with van der Waals surface area (Å²) >= 11 is 0. The van der Waals surface area contributed by atoms with Crippen LogP contribution in [0.15, 0.2) is 72.8 Å². The van der Waals surface area contributed by atoms with E-state index in [1.54, 1.807) is 18.7 Å². The zero-order valence-corrected chi connectivity index (χ0v) is 23.1. The normalized spacial score (nSPS) is 19.0. The van der Waals surface area contributed by atoms with Crippen molar-refractivity contribution >= 4 is 29.1 Å². The van der Waals surface area contributed by atoms with Gasteiger partial charge in [0.2, 0.25) is 17.7 Å². The Morgan fingerprint density at radius 2 is 1.70 bits per heavy atom. The highest BCUT2D eigenvalue weighted by molar-refractivity contribution is 6.00. The van der Waals surface area contributed by atoms with E-state index in [1.807, 2.05) is 72.8 Å². The molecule has 0 saturated carbocycles. The van der Waals surface area contributed by atoms with Gasteiger partial charge in [-0.1, -0.05) is 60.7 Å². The molecule has 0 bridgehead atoms. The van der Waals surface area contributed by atoms with Gasteiger partial charge in [-0.05, 0) is 61.9 Å². The van der Waals surface area contributed by atoms with Gasteiger partial charge in [0.05, 0.1) is 6.54 Å². The van der Waals surface area contributed by atoms with Gasteiger partial charge in [-0.3, -0.25) is 14.4 Å². The number of carbonyl (C=O) groups is 3. The molecule has 3 amide bonds. The van der Waals surface area contributed by atoms with E-state index in [1.165, 1.54) is 0 Å². The average Bonchev–Trinajstić information content (AvgIpc) is 3.28. The molecule has 0 spiro atoms. The van der Waals surface area contributed by atoms with E-state index in [9.17, 15) is 14.4 Å². The van der Waals surface area contributed by atoms with Gasteiger partial charge in [0, 0.05) is 35.4 Å². The molecule has 2 atom stereocenters. The molecule has 1 unspecified atom stereocenters. The molecule has 3 aromatic rings. The van der Waals surface area contributed by atoms with E-state index in [4.69, 9.17) is 5.73 Å². The minimum absolute atomic E-state index is 0.0220. The lowest BCUT2D eigenvalue weighted by Gasteiger charge is -2.27. The van der Waals surface area contributed by atoms with Crippen molar-refractivity contribution < 1.29 is 14.4 Å². The van der Waals surface area contributed by atoms with Crippen molar-refractivity contribution in [2.45, 2.75) is 63.7 Å². The highest BCUT2D eigenvalue weighted by Crippen LogP contribution is 2.31. The van der Waals surface area contributed by atoms with E-state index in [0.29, 0.717) is 25.9 Å². The molecule has 2 aliphatic heterocycles. The highest BCUT2D eigenvalue weighted by Gasteiger charge is 2.32. The molecule has 1 saturated heterocycles. The van der Waals surface area contributed by atoms with E-state index in [0.717, 1.165) is 40.0 Å². The Hall–Kier alpha value is -4.17. The molecule has 2 aliphatic rings. The zero-order valence-electron chi connectivity index (χ0n) is 23.1. The first kappa shape index (κ1) is 27.4. The number of nitrogens with two attached hydrogens (primary N) is 1. The number of amides is 3. The minimum Gasteiger partial charge on any atom is -0.373 e. The standard InChI is InChI=1S/C32H37N5O3/c1-32(2,33)19-29(38)36-27-16-15-23-7-3-6-10-28(23)37(31(27)40)20-21-11-13-22(14-12-21)24-8-4-5-9-25(24)35-26-17-18-34-30(26)39/h3-14,26-27,35H,15-20,33H2,1-2H3,(H,34,39)(H,36,38)/t26?,27-/m1/s1. The molecule has 2 heterocycles. The van der Waals surface area contributed by atoms with Crippen molar-refractivity contribution in [1.29, 1.82) is 0 Å². The Kier molecular flexibility index (Phi) is 7.89. The molecule has 8 heteroatoms. The van der Waals surface area contributed by atoms with Crippen molar-refractivity contribution in [3.63, 3.8) is 0 Å². The molecular formula is C32H37N5O3. The lowest BCUT2D eigenvalue weighted by molar-refractivity contribution is -0.128. The summed E-state index contributed by atoms with van der Waals surface area (Å²) in [7, 11) is 0. The topological polar surface area (TPSA) is 117 Å². The summed E-state index contributed by atoms with van der Waals surface area (Å²) in [4.78, 5) is 40.3. The summed E-state index contributed by atoms with van der Waals surface area (Å²) in [6.45, 7) is 4.66. The van der Waals surface area contributed by atoms with Crippen LogP contribution in [0.4, 0.5) is 11.4 Å².